The molecule has 0 aliphatic rings. The predicted molar refractivity (Wildman–Crippen MR) is 42.8 cm³/mol. The van der Waals surface area contributed by atoms with Crippen LogP contribution in [-0.4, -0.2) is 28.4 Å². The SMILES string of the molecule is Nc1ccccn1.OCCO. The lowest BCUT2D eigenvalue weighted by atomic mass is 10.5. The number of hydrogen-bond acceptors (Lipinski definition) is 4. The van der Waals surface area contributed by atoms with Crippen LogP contribution in [0.2, 0.25) is 0 Å². The number of nitrogens with two attached hydrogens (primary N) is 1. The number of hydrogen-bond donors (Lipinski definition) is 3. The molecular weight excluding hydrogens is 144 g/mol. The summed E-state index contributed by atoms with van der Waals surface area (Å²) in [7, 11) is 0. The van der Waals surface area contributed by atoms with Gasteiger partial charge in [0, 0.05) is 6.20 Å². The Bertz CT molecular complexity index is 165. The Morgan fingerprint density at radius 2 is 1.91 bits per heavy atom. The largest absolute Gasteiger partial charge is 0.394 e. The maximum Gasteiger partial charge on any atom is 0.123 e. The van der Waals surface area contributed by atoms with Gasteiger partial charge in [-0.15, -0.1) is 0 Å². The molecule has 0 amide bonds. The van der Waals surface area contributed by atoms with Crippen LogP contribution in [0.5, 0.6) is 0 Å². The lowest BCUT2D eigenvalue weighted by Crippen LogP contribution is -1.85. The summed E-state index contributed by atoms with van der Waals surface area (Å²) in [6.45, 7) is -0.250. The third kappa shape index (κ3) is 6.76. The summed E-state index contributed by atoms with van der Waals surface area (Å²) in [6.07, 6.45) is 1.66. The zero-order valence-corrected chi connectivity index (χ0v) is 6.14. The average Bonchev–Trinajstić information content (AvgIpc) is 2.07. The van der Waals surface area contributed by atoms with Crippen molar-refractivity contribution in [2.75, 3.05) is 18.9 Å². The summed E-state index contributed by atoms with van der Waals surface area (Å²) in [4.78, 5) is 3.76. The first-order chi connectivity index (χ1) is 5.31. The number of nitrogens with zero attached hydrogens (tertiary/aromatic N) is 1. The van der Waals surface area contributed by atoms with E-state index in [0.717, 1.165) is 0 Å². The molecule has 62 valence electrons. The van der Waals surface area contributed by atoms with E-state index in [-0.39, 0.29) is 13.2 Å². The van der Waals surface area contributed by atoms with Gasteiger partial charge in [-0.3, -0.25) is 0 Å². The highest BCUT2D eigenvalue weighted by Crippen LogP contribution is 1.89. The van der Waals surface area contributed by atoms with Crippen molar-refractivity contribution in [1.82, 2.24) is 4.98 Å². The summed E-state index contributed by atoms with van der Waals surface area (Å²) >= 11 is 0. The summed E-state index contributed by atoms with van der Waals surface area (Å²) in [5.74, 6) is 0.572. The van der Waals surface area contributed by atoms with Crippen molar-refractivity contribution in [2.24, 2.45) is 0 Å². The summed E-state index contributed by atoms with van der Waals surface area (Å²) in [6, 6.07) is 5.43. The molecule has 0 fully saturated rings. The van der Waals surface area contributed by atoms with E-state index in [9.17, 15) is 0 Å². The smallest absolute Gasteiger partial charge is 0.123 e. The van der Waals surface area contributed by atoms with Crippen LogP contribution in [0.15, 0.2) is 24.4 Å². The van der Waals surface area contributed by atoms with Crippen molar-refractivity contribution in [3.05, 3.63) is 24.4 Å². The standard InChI is InChI=1S/C5H6N2.C2H6O2/c6-5-3-1-2-4-7-5;3-1-2-4/h1-4H,(H2,6,7);3-4H,1-2H2. The Kier molecular flexibility index (Phi) is 6.27. The Morgan fingerprint density at radius 3 is 2.09 bits per heavy atom. The molecule has 0 saturated carbocycles. The zero-order chi connectivity index (χ0) is 8.53. The second kappa shape index (κ2) is 6.98. The van der Waals surface area contributed by atoms with E-state index in [4.69, 9.17) is 15.9 Å². The Balaban J connectivity index is 0.000000218. The fourth-order valence-corrected chi connectivity index (χ4v) is 0.376. The monoisotopic (exact) mass is 156 g/mol. The lowest BCUT2D eigenvalue weighted by molar-refractivity contribution is 0.186. The summed E-state index contributed by atoms with van der Waals surface area (Å²) < 4.78 is 0. The van der Waals surface area contributed by atoms with Crippen LogP contribution in [0, 0.1) is 0 Å². The third-order valence-electron chi connectivity index (χ3n) is 0.788. The van der Waals surface area contributed by atoms with Crippen molar-refractivity contribution >= 4 is 5.82 Å². The number of anilines is 1. The van der Waals surface area contributed by atoms with Gasteiger partial charge in [0.15, 0.2) is 0 Å². The van der Waals surface area contributed by atoms with Crippen molar-refractivity contribution in [1.29, 1.82) is 0 Å². The highest BCUT2D eigenvalue weighted by atomic mass is 16.3. The minimum Gasteiger partial charge on any atom is -0.394 e. The third-order valence-corrected chi connectivity index (χ3v) is 0.788. The molecule has 0 atom stereocenters. The van der Waals surface area contributed by atoms with Crippen LogP contribution in [0.1, 0.15) is 0 Å². The van der Waals surface area contributed by atoms with Crippen molar-refractivity contribution in [3.8, 4) is 0 Å². The minimum atomic E-state index is -0.125. The molecule has 0 unspecified atom stereocenters. The van der Waals surface area contributed by atoms with Gasteiger partial charge in [0.1, 0.15) is 5.82 Å². The van der Waals surface area contributed by atoms with Crippen molar-refractivity contribution in [2.45, 2.75) is 0 Å². The van der Waals surface area contributed by atoms with E-state index in [2.05, 4.69) is 4.98 Å². The predicted octanol–water partition coefficient (Wildman–Crippen LogP) is -0.365. The van der Waals surface area contributed by atoms with Crippen LogP contribution >= 0.6 is 0 Å². The molecule has 0 radical (unpaired) electrons. The van der Waals surface area contributed by atoms with Gasteiger partial charge in [-0.2, -0.15) is 0 Å². The Morgan fingerprint density at radius 1 is 1.27 bits per heavy atom. The molecule has 1 aromatic heterocycles. The van der Waals surface area contributed by atoms with Crippen LogP contribution in [-0.2, 0) is 0 Å². The van der Waals surface area contributed by atoms with E-state index in [1.807, 2.05) is 12.1 Å². The number of nitrogen functional groups attached to an aromatic ring is 1. The first-order valence-electron chi connectivity index (χ1n) is 3.19. The highest BCUT2D eigenvalue weighted by molar-refractivity contribution is 5.25. The summed E-state index contributed by atoms with van der Waals surface area (Å²) in [5, 5.41) is 15.2. The maximum atomic E-state index is 7.62. The molecule has 0 spiro atoms. The molecule has 0 aliphatic heterocycles. The average molecular weight is 156 g/mol. The molecule has 11 heavy (non-hydrogen) atoms. The van der Waals surface area contributed by atoms with Gasteiger partial charge in [0.05, 0.1) is 13.2 Å². The fourth-order valence-electron chi connectivity index (χ4n) is 0.376. The van der Waals surface area contributed by atoms with Gasteiger partial charge in [0.2, 0.25) is 0 Å². The number of aliphatic hydroxyl groups excluding tert-OH is 2. The minimum absolute atomic E-state index is 0.125. The Hall–Kier alpha value is -1.13. The van der Waals surface area contributed by atoms with Gasteiger partial charge in [-0.05, 0) is 12.1 Å². The molecule has 1 aromatic rings. The fraction of sp³-hybridized carbons (Fsp3) is 0.286. The van der Waals surface area contributed by atoms with Gasteiger partial charge >= 0.3 is 0 Å². The van der Waals surface area contributed by atoms with Gasteiger partial charge in [-0.1, -0.05) is 6.07 Å². The van der Waals surface area contributed by atoms with Crippen molar-refractivity contribution < 1.29 is 10.2 Å². The highest BCUT2D eigenvalue weighted by Gasteiger charge is 1.73. The normalized spacial score (nSPS) is 8.18. The van der Waals surface area contributed by atoms with Crippen LogP contribution < -0.4 is 5.73 Å². The molecule has 0 saturated heterocycles. The molecular formula is C7H12N2O2. The van der Waals surface area contributed by atoms with Crippen LogP contribution in [0.25, 0.3) is 0 Å². The van der Waals surface area contributed by atoms with Crippen LogP contribution in [0.4, 0.5) is 5.82 Å². The first kappa shape index (κ1) is 9.87. The zero-order valence-electron chi connectivity index (χ0n) is 6.14. The first-order valence-corrected chi connectivity index (χ1v) is 3.19. The van der Waals surface area contributed by atoms with E-state index in [1.54, 1.807) is 12.3 Å². The van der Waals surface area contributed by atoms with Gasteiger partial charge in [0.25, 0.3) is 0 Å². The molecule has 4 N–H and O–H groups in total. The number of pyridine rings is 1. The van der Waals surface area contributed by atoms with E-state index >= 15 is 0 Å². The van der Waals surface area contributed by atoms with E-state index in [1.165, 1.54) is 0 Å². The molecule has 0 aliphatic carbocycles. The van der Waals surface area contributed by atoms with E-state index < -0.39 is 0 Å². The van der Waals surface area contributed by atoms with Gasteiger partial charge < -0.3 is 15.9 Å². The second-order valence-electron chi connectivity index (χ2n) is 1.70. The second-order valence-corrected chi connectivity index (χ2v) is 1.70. The van der Waals surface area contributed by atoms with E-state index in [0.29, 0.717) is 5.82 Å². The molecule has 0 bridgehead atoms. The van der Waals surface area contributed by atoms with Gasteiger partial charge in [-0.25, -0.2) is 4.98 Å². The van der Waals surface area contributed by atoms with Crippen molar-refractivity contribution in [3.63, 3.8) is 0 Å². The summed E-state index contributed by atoms with van der Waals surface area (Å²) in [5.41, 5.74) is 5.25. The molecule has 1 heterocycles. The Labute approximate surface area is 65.3 Å². The molecule has 1 rings (SSSR count). The number of aromatic nitrogens is 1. The lowest BCUT2D eigenvalue weighted by Gasteiger charge is -1.82. The molecule has 4 heteroatoms. The number of rotatable bonds is 1. The van der Waals surface area contributed by atoms with Crippen LogP contribution in [0.3, 0.4) is 0 Å². The topological polar surface area (TPSA) is 79.4 Å². The molecule has 4 nitrogen and oxygen atoms in total. The quantitative estimate of drug-likeness (QED) is 0.518. The maximum absolute atomic E-state index is 7.62. The number of aliphatic hydroxyl groups is 2. The molecule has 0 aromatic carbocycles.